The molecule has 2 aromatic carbocycles. The number of hydrogen-bond acceptors (Lipinski definition) is 2. The number of nitrogens with one attached hydrogen (secondary N) is 1. The van der Waals surface area contributed by atoms with Gasteiger partial charge >= 0.3 is 0 Å². The number of rotatable bonds is 3. The van der Waals surface area contributed by atoms with Gasteiger partial charge in [0.25, 0.3) is 5.91 Å². The largest absolute Gasteiger partial charge is 0.384 e. The molecule has 0 aliphatic heterocycles. The first-order chi connectivity index (χ1) is 10.2. The second-order valence-electron chi connectivity index (χ2n) is 4.65. The Hall–Kier alpha value is -2.57. The molecule has 0 aromatic heterocycles. The lowest BCUT2D eigenvalue weighted by Gasteiger charge is -2.08. The van der Waals surface area contributed by atoms with E-state index in [4.69, 9.17) is 5.11 Å². The molecule has 2 N–H and O–H groups in total. The fourth-order valence-electron chi connectivity index (χ4n) is 1.97. The molecule has 0 atom stereocenters. The molecule has 0 bridgehead atoms. The molecule has 0 radical (unpaired) electrons. The standard InChI is InChI=1S/C18H17NO2/c1-14-6-2-3-9-17(14)13-19-18(21)16-10-4-7-15(12-16)8-5-11-20/h2-4,6-7,9-10,12,20H,11,13H2,1H3,(H,19,21). The van der Waals surface area contributed by atoms with Crippen molar-refractivity contribution in [2.45, 2.75) is 13.5 Å². The van der Waals surface area contributed by atoms with E-state index in [0.29, 0.717) is 17.7 Å². The SMILES string of the molecule is Cc1ccccc1CNC(=O)c1cccc(C#CCO)c1. The van der Waals surface area contributed by atoms with Crippen LogP contribution in [0.5, 0.6) is 0 Å². The average molecular weight is 279 g/mol. The zero-order valence-electron chi connectivity index (χ0n) is 11.9. The number of benzene rings is 2. The van der Waals surface area contributed by atoms with Gasteiger partial charge in [-0.1, -0.05) is 42.2 Å². The van der Waals surface area contributed by atoms with Gasteiger partial charge in [-0.25, -0.2) is 0 Å². The maximum atomic E-state index is 12.1. The molecule has 1 amide bonds. The second kappa shape index (κ2) is 7.28. The van der Waals surface area contributed by atoms with Crippen molar-refractivity contribution >= 4 is 5.91 Å². The zero-order chi connectivity index (χ0) is 15.1. The van der Waals surface area contributed by atoms with Crippen LogP contribution in [-0.4, -0.2) is 17.6 Å². The molecule has 0 spiro atoms. The summed E-state index contributed by atoms with van der Waals surface area (Å²) in [7, 11) is 0. The van der Waals surface area contributed by atoms with E-state index in [1.165, 1.54) is 0 Å². The van der Waals surface area contributed by atoms with Crippen molar-refractivity contribution in [3.8, 4) is 11.8 Å². The van der Waals surface area contributed by atoms with Crippen LogP contribution < -0.4 is 5.32 Å². The van der Waals surface area contributed by atoms with E-state index in [0.717, 1.165) is 11.1 Å². The number of amides is 1. The Bertz CT molecular complexity index is 696. The Balaban J connectivity index is 2.05. The lowest BCUT2D eigenvalue weighted by Crippen LogP contribution is -2.23. The van der Waals surface area contributed by atoms with Crippen molar-refractivity contribution < 1.29 is 9.90 Å². The summed E-state index contributed by atoms with van der Waals surface area (Å²) < 4.78 is 0. The van der Waals surface area contributed by atoms with Crippen LogP contribution in [0.4, 0.5) is 0 Å². The predicted molar refractivity (Wildman–Crippen MR) is 82.8 cm³/mol. The third-order valence-corrected chi connectivity index (χ3v) is 3.14. The minimum Gasteiger partial charge on any atom is -0.384 e. The summed E-state index contributed by atoms with van der Waals surface area (Å²) in [6.45, 7) is 2.33. The molecule has 0 saturated heterocycles. The van der Waals surface area contributed by atoms with Crippen LogP contribution in [0.2, 0.25) is 0 Å². The van der Waals surface area contributed by atoms with E-state index in [-0.39, 0.29) is 12.5 Å². The Labute approximate surface area is 124 Å². The van der Waals surface area contributed by atoms with E-state index in [9.17, 15) is 4.79 Å². The van der Waals surface area contributed by atoms with Gasteiger partial charge in [0.15, 0.2) is 0 Å². The van der Waals surface area contributed by atoms with Crippen molar-refractivity contribution in [2.75, 3.05) is 6.61 Å². The van der Waals surface area contributed by atoms with Crippen LogP contribution in [-0.2, 0) is 6.54 Å². The van der Waals surface area contributed by atoms with Crippen LogP contribution in [0, 0.1) is 18.8 Å². The summed E-state index contributed by atoms with van der Waals surface area (Å²) in [5.41, 5.74) is 3.53. The molecular formula is C18H17NO2. The summed E-state index contributed by atoms with van der Waals surface area (Å²) in [5, 5.41) is 11.6. The molecule has 3 heteroatoms. The van der Waals surface area contributed by atoms with Crippen molar-refractivity contribution in [3.05, 3.63) is 70.8 Å². The summed E-state index contributed by atoms with van der Waals surface area (Å²) in [6.07, 6.45) is 0. The minimum atomic E-state index is -0.191. The molecule has 106 valence electrons. The summed E-state index contributed by atoms with van der Waals surface area (Å²) in [5.74, 6) is 5.23. The van der Waals surface area contributed by atoms with E-state index in [1.54, 1.807) is 24.3 Å². The second-order valence-corrected chi connectivity index (χ2v) is 4.65. The van der Waals surface area contributed by atoms with Crippen molar-refractivity contribution in [3.63, 3.8) is 0 Å². The van der Waals surface area contributed by atoms with Gasteiger partial charge in [0, 0.05) is 17.7 Å². The molecule has 0 aliphatic carbocycles. The highest BCUT2D eigenvalue weighted by molar-refractivity contribution is 5.94. The number of carbonyl (C=O) groups is 1. The summed E-state index contributed by atoms with van der Waals surface area (Å²) in [6, 6.07) is 15.0. The van der Waals surface area contributed by atoms with Crippen LogP contribution in [0.25, 0.3) is 0 Å². The smallest absolute Gasteiger partial charge is 0.251 e. The Morgan fingerprint density at radius 1 is 1.19 bits per heavy atom. The third kappa shape index (κ3) is 4.20. The zero-order valence-corrected chi connectivity index (χ0v) is 11.9. The molecule has 2 rings (SSSR count). The van der Waals surface area contributed by atoms with Crippen molar-refractivity contribution in [1.29, 1.82) is 0 Å². The predicted octanol–water partition coefficient (Wildman–Crippen LogP) is 2.27. The Morgan fingerprint density at radius 2 is 2.00 bits per heavy atom. The maximum Gasteiger partial charge on any atom is 0.251 e. The highest BCUT2D eigenvalue weighted by Gasteiger charge is 2.06. The number of carbonyl (C=O) groups excluding carboxylic acids is 1. The van der Waals surface area contributed by atoms with Crippen molar-refractivity contribution in [2.24, 2.45) is 0 Å². The first-order valence-electron chi connectivity index (χ1n) is 6.73. The molecule has 0 unspecified atom stereocenters. The fraction of sp³-hybridized carbons (Fsp3) is 0.167. The first kappa shape index (κ1) is 14.8. The summed E-state index contributed by atoms with van der Waals surface area (Å²) in [4.78, 5) is 12.1. The van der Waals surface area contributed by atoms with Gasteiger partial charge in [-0.05, 0) is 36.2 Å². The first-order valence-corrected chi connectivity index (χ1v) is 6.73. The van der Waals surface area contributed by atoms with Gasteiger partial charge in [-0.2, -0.15) is 0 Å². The van der Waals surface area contributed by atoms with E-state index in [1.807, 2.05) is 31.2 Å². The number of aryl methyl sites for hydroxylation is 1. The van der Waals surface area contributed by atoms with Gasteiger partial charge in [0.2, 0.25) is 0 Å². The molecule has 3 nitrogen and oxygen atoms in total. The quantitative estimate of drug-likeness (QED) is 0.847. The van der Waals surface area contributed by atoms with Gasteiger partial charge in [0.1, 0.15) is 6.61 Å². The number of aliphatic hydroxyl groups is 1. The van der Waals surface area contributed by atoms with Crippen molar-refractivity contribution in [1.82, 2.24) is 5.32 Å². The minimum absolute atomic E-state index is 0.133. The van der Waals surface area contributed by atoms with Gasteiger partial charge in [0.05, 0.1) is 0 Å². The lowest BCUT2D eigenvalue weighted by molar-refractivity contribution is 0.0951. The highest BCUT2D eigenvalue weighted by atomic mass is 16.2. The fourth-order valence-corrected chi connectivity index (χ4v) is 1.97. The molecule has 0 saturated carbocycles. The molecular weight excluding hydrogens is 262 g/mol. The van der Waals surface area contributed by atoms with E-state index in [2.05, 4.69) is 17.2 Å². The topological polar surface area (TPSA) is 49.3 Å². The van der Waals surface area contributed by atoms with Crippen LogP contribution >= 0.6 is 0 Å². The monoisotopic (exact) mass is 279 g/mol. The van der Waals surface area contributed by atoms with Gasteiger partial charge < -0.3 is 10.4 Å². The number of hydrogen-bond donors (Lipinski definition) is 2. The molecule has 0 fully saturated rings. The Kier molecular flexibility index (Phi) is 5.14. The van der Waals surface area contributed by atoms with Crippen LogP contribution in [0.3, 0.4) is 0 Å². The molecule has 0 heterocycles. The van der Waals surface area contributed by atoms with Gasteiger partial charge in [-0.3, -0.25) is 4.79 Å². The van der Waals surface area contributed by atoms with Gasteiger partial charge in [-0.15, -0.1) is 0 Å². The maximum absolute atomic E-state index is 12.1. The number of aliphatic hydroxyl groups excluding tert-OH is 1. The summed E-state index contributed by atoms with van der Waals surface area (Å²) >= 11 is 0. The normalized spacial score (nSPS) is 9.62. The average Bonchev–Trinajstić information content (AvgIpc) is 2.52. The lowest BCUT2D eigenvalue weighted by atomic mass is 10.1. The highest BCUT2D eigenvalue weighted by Crippen LogP contribution is 2.08. The molecule has 2 aromatic rings. The van der Waals surface area contributed by atoms with E-state index < -0.39 is 0 Å². The molecule has 21 heavy (non-hydrogen) atoms. The third-order valence-electron chi connectivity index (χ3n) is 3.14. The van der Waals surface area contributed by atoms with E-state index >= 15 is 0 Å². The van der Waals surface area contributed by atoms with Crippen LogP contribution in [0.1, 0.15) is 27.0 Å². The Morgan fingerprint density at radius 3 is 2.76 bits per heavy atom. The molecule has 0 aliphatic rings. The van der Waals surface area contributed by atoms with Crippen LogP contribution in [0.15, 0.2) is 48.5 Å².